The molecule has 158 valence electrons. The standard InChI is InChI=1S/C21H20N6O3S/c1-12-8-17(26-6-3-4-14(9-26)16-5-7-30-25-16)24-20-18(12)19(29)15(13(2)28)10-27(20)21-22-11-23-31-21/h5,7-8,10-11,14H,3-4,6,9H2,1-2H3. The molecule has 0 spiro atoms. The van der Waals surface area contributed by atoms with E-state index in [0.29, 0.717) is 16.2 Å². The van der Waals surface area contributed by atoms with E-state index < -0.39 is 0 Å². The Hall–Kier alpha value is -3.40. The molecule has 1 aliphatic heterocycles. The lowest BCUT2D eigenvalue weighted by molar-refractivity contribution is 0.101. The molecule has 0 radical (unpaired) electrons. The smallest absolute Gasteiger partial charge is 0.214 e. The summed E-state index contributed by atoms with van der Waals surface area (Å²) in [5, 5.41) is 5.09. The van der Waals surface area contributed by atoms with Gasteiger partial charge in [0.1, 0.15) is 18.4 Å². The Morgan fingerprint density at radius 3 is 2.94 bits per heavy atom. The number of hydrogen-bond acceptors (Lipinski definition) is 9. The quantitative estimate of drug-likeness (QED) is 0.449. The van der Waals surface area contributed by atoms with Crippen LogP contribution >= 0.6 is 11.5 Å². The van der Waals surface area contributed by atoms with Crippen LogP contribution < -0.4 is 10.3 Å². The van der Waals surface area contributed by atoms with Crippen molar-refractivity contribution < 1.29 is 9.32 Å². The summed E-state index contributed by atoms with van der Waals surface area (Å²) in [5.41, 5.74) is 2.00. The van der Waals surface area contributed by atoms with Gasteiger partial charge in [-0.25, -0.2) is 9.97 Å². The van der Waals surface area contributed by atoms with Crippen molar-refractivity contribution in [3.05, 3.63) is 58.0 Å². The van der Waals surface area contributed by atoms with Crippen LogP contribution in [0.25, 0.3) is 16.2 Å². The number of anilines is 1. The molecule has 0 amide bonds. The minimum atomic E-state index is -0.307. The van der Waals surface area contributed by atoms with Crippen molar-refractivity contribution in [1.29, 1.82) is 0 Å². The molecule has 1 atom stereocenters. The van der Waals surface area contributed by atoms with E-state index in [0.717, 1.165) is 43.0 Å². The van der Waals surface area contributed by atoms with E-state index in [-0.39, 0.29) is 22.7 Å². The minimum absolute atomic E-state index is 0.115. The number of piperidine rings is 1. The molecule has 0 aliphatic carbocycles. The third-order valence-corrected chi connectivity index (χ3v) is 6.36. The average Bonchev–Trinajstić information content (AvgIpc) is 3.48. The zero-order valence-electron chi connectivity index (χ0n) is 17.1. The molecule has 4 aromatic heterocycles. The Labute approximate surface area is 181 Å². The van der Waals surface area contributed by atoms with Gasteiger partial charge in [-0.1, -0.05) is 5.16 Å². The van der Waals surface area contributed by atoms with Crippen LogP contribution in [0.3, 0.4) is 0 Å². The summed E-state index contributed by atoms with van der Waals surface area (Å²) < 4.78 is 10.8. The number of aryl methyl sites for hydroxylation is 1. The molecule has 9 nitrogen and oxygen atoms in total. The maximum absolute atomic E-state index is 13.1. The summed E-state index contributed by atoms with van der Waals surface area (Å²) in [5.74, 6) is 0.752. The van der Waals surface area contributed by atoms with E-state index in [1.165, 1.54) is 31.0 Å². The monoisotopic (exact) mass is 436 g/mol. The fraction of sp³-hybridized carbons (Fsp3) is 0.333. The lowest BCUT2D eigenvalue weighted by atomic mass is 9.95. The number of hydrogen-bond donors (Lipinski definition) is 0. The number of rotatable bonds is 4. The molecular weight excluding hydrogens is 416 g/mol. The minimum Gasteiger partial charge on any atom is -0.365 e. The number of nitrogens with zero attached hydrogens (tertiary/aromatic N) is 6. The lowest BCUT2D eigenvalue weighted by Crippen LogP contribution is -2.35. The van der Waals surface area contributed by atoms with E-state index in [2.05, 4.69) is 19.4 Å². The lowest BCUT2D eigenvalue weighted by Gasteiger charge is -2.33. The highest BCUT2D eigenvalue weighted by molar-refractivity contribution is 7.08. The van der Waals surface area contributed by atoms with Gasteiger partial charge in [-0.15, -0.1) is 0 Å². The number of ketones is 1. The topological polar surface area (TPSA) is 107 Å². The maximum Gasteiger partial charge on any atom is 0.214 e. The summed E-state index contributed by atoms with van der Waals surface area (Å²) in [6, 6.07) is 3.83. The fourth-order valence-corrected chi connectivity index (χ4v) is 4.68. The van der Waals surface area contributed by atoms with Gasteiger partial charge in [0.05, 0.1) is 16.6 Å². The van der Waals surface area contributed by atoms with Crippen LogP contribution in [0.15, 0.2) is 40.2 Å². The van der Waals surface area contributed by atoms with Crippen molar-refractivity contribution in [2.45, 2.75) is 32.6 Å². The second-order valence-corrected chi connectivity index (χ2v) is 8.49. The van der Waals surface area contributed by atoms with Crippen LogP contribution in [0.1, 0.15) is 47.3 Å². The van der Waals surface area contributed by atoms with Gasteiger partial charge in [-0.3, -0.25) is 14.2 Å². The highest BCUT2D eigenvalue weighted by atomic mass is 32.1. The molecule has 1 unspecified atom stereocenters. The van der Waals surface area contributed by atoms with Crippen LogP contribution in [-0.2, 0) is 0 Å². The Bertz CT molecular complexity index is 1310. The molecule has 5 rings (SSSR count). The van der Waals surface area contributed by atoms with Crippen molar-refractivity contribution in [2.24, 2.45) is 0 Å². The number of carbonyl (C=O) groups is 1. The van der Waals surface area contributed by atoms with Gasteiger partial charge in [0.25, 0.3) is 0 Å². The molecule has 0 N–H and O–H groups in total. The first-order chi connectivity index (χ1) is 15.0. The Balaban J connectivity index is 1.66. The molecule has 1 fully saturated rings. The van der Waals surface area contributed by atoms with Crippen LogP contribution in [0, 0.1) is 6.92 Å². The zero-order valence-corrected chi connectivity index (χ0v) is 17.9. The fourth-order valence-electron chi connectivity index (χ4n) is 4.17. The normalized spacial score (nSPS) is 16.7. The zero-order chi connectivity index (χ0) is 21.5. The predicted molar refractivity (Wildman–Crippen MR) is 116 cm³/mol. The number of aromatic nitrogens is 5. The van der Waals surface area contributed by atoms with Gasteiger partial charge in [-0.2, -0.15) is 4.37 Å². The summed E-state index contributed by atoms with van der Waals surface area (Å²) in [6.07, 6.45) is 6.61. The number of Topliss-reactive ketones (excluding diaryl/α,β-unsaturated/α-hetero) is 1. The van der Waals surface area contributed by atoms with Crippen molar-refractivity contribution in [1.82, 2.24) is 24.1 Å². The van der Waals surface area contributed by atoms with E-state index >= 15 is 0 Å². The number of fused-ring (bicyclic) bond motifs is 1. The molecule has 0 saturated carbocycles. The van der Waals surface area contributed by atoms with Crippen LogP contribution in [0.5, 0.6) is 0 Å². The highest BCUT2D eigenvalue weighted by Gasteiger charge is 2.26. The summed E-state index contributed by atoms with van der Waals surface area (Å²) in [4.78, 5) is 36.5. The van der Waals surface area contributed by atoms with E-state index in [1.54, 1.807) is 10.8 Å². The van der Waals surface area contributed by atoms with Crippen molar-refractivity contribution in [3.8, 4) is 5.13 Å². The summed E-state index contributed by atoms with van der Waals surface area (Å²) >= 11 is 1.18. The molecule has 31 heavy (non-hydrogen) atoms. The molecule has 4 aromatic rings. The van der Waals surface area contributed by atoms with Gasteiger partial charge in [0, 0.05) is 42.8 Å². The van der Waals surface area contributed by atoms with Gasteiger partial charge in [0.15, 0.2) is 11.4 Å². The van der Waals surface area contributed by atoms with E-state index in [1.807, 2.05) is 19.1 Å². The van der Waals surface area contributed by atoms with Crippen LogP contribution in [-0.4, -0.2) is 42.9 Å². The molecule has 0 aromatic carbocycles. The molecular formula is C21H20N6O3S. The van der Waals surface area contributed by atoms with Gasteiger partial charge in [0.2, 0.25) is 10.6 Å². The molecule has 5 heterocycles. The second kappa shape index (κ2) is 7.69. The molecule has 1 aliphatic rings. The Morgan fingerprint density at radius 1 is 1.35 bits per heavy atom. The van der Waals surface area contributed by atoms with Gasteiger partial charge in [-0.05, 0) is 38.3 Å². The van der Waals surface area contributed by atoms with Gasteiger partial charge < -0.3 is 9.42 Å². The maximum atomic E-state index is 13.1. The predicted octanol–water partition coefficient (Wildman–Crippen LogP) is 3.12. The van der Waals surface area contributed by atoms with E-state index in [9.17, 15) is 9.59 Å². The number of pyridine rings is 2. The van der Waals surface area contributed by atoms with Crippen molar-refractivity contribution >= 4 is 34.2 Å². The van der Waals surface area contributed by atoms with Crippen molar-refractivity contribution in [3.63, 3.8) is 0 Å². The first-order valence-electron chi connectivity index (χ1n) is 10.0. The van der Waals surface area contributed by atoms with Gasteiger partial charge >= 0.3 is 0 Å². The summed E-state index contributed by atoms with van der Waals surface area (Å²) in [6.45, 7) is 4.89. The van der Waals surface area contributed by atoms with E-state index in [4.69, 9.17) is 9.51 Å². The van der Waals surface area contributed by atoms with Crippen LogP contribution in [0.2, 0.25) is 0 Å². The Kier molecular flexibility index (Phi) is 4.85. The third-order valence-electron chi connectivity index (χ3n) is 5.70. The molecule has 1 saturated heterocycles. The largest absolute Gasteiger partial charge is 0.365 e. The summed E-state index contributed by atoms with van der Waals surface area (Å²) in [7, 11) is 0. The molecule has 0 bridgehead atoms. The molecule has 10 heteroatoms. The first kappa shape index (κ1) is 19.6. The highest BCUT2D eigenvalue weighted by Crippen LogP contribution is 2.30. The Morgan fingerprint density at radius 2 is 2.23 bits per heavy atom. The first-order valence-corrected chi connectivity index (χ1v) is 10.8. The van der Waals surface area contributed by atoms with Crippen LogP contribution in [0.4, 0.5) is 5.82 Å². The average molecular weight is 436 g/mol. The second-order valence-electron chi connectivity index (χ2n) is 7.73. The SMILES string of the molecule is CC(=O)c1cn(-c2ncns2)c2nc(N3CCCC(c4ccon4)C3)cc(C)c2c1=O. The third kappa shape index (κ3) is 3.42. The van der Waals surface area contributed by atoms with Crippen molar-refractivity contribution in [2.75, 3.05) is 18.0 Å². The number of carbonyl (C=O) groups excluding carboxylic acids is 1.